The largest absolute Gasteiger partial charge is 0.416 e. The lowest BCUT2D eigenvalue weighted by Gasteiger charge is -2.10. The van der Waals surface area contributed by atoms with Gasteiger partial charge in [0.1, 0.15) is 5.15 Å². The molecule has 0 spiro atoms. The highest BCUT2D eigenvalue weighted by Crippen LogP contribution is 2.33. The summed E-state index contributed by atoms with van der Waals surface area (Å²) in [4.78, 5) is 16.3. The smallest absolute Gasteiger partial charge is 0.322 e. The summed E-state index contributed by atoms with van der Waals surface area (Å²) in [6.07, 6.45) is -4.55. The molecule has 3 nitrogen and oxygen atoms in total. The third-order valence-electron chi connectivity index (χ3n) is 3.64. The molecule has 3 rings (SSSR count). The number of carbonyl (C=O) groups excluding carboxylic acids is 1. The minimum atomic E-state index is -4.55. The van der Waals surface area contributed by atoms with E-state index in [0.717, 1.165) is 12.1 Å². The first-order valence-corrected chi connectivity index (χ1v) is 8.40. The van der Waals surface area contributed by atoms with Gasteiger partial charge in [0.05, 0.1) is 11.3 Å². The Labute approximate surface area is 162 Å². The molecule has 0 aliphatic carbocycles. The molecule has 1 heterocycles. The number of nitrogens with one attached hydrogen (secondary N) is 1. The molecular formula is C19H11Cl2F3N2O. The molecule has 27 heavy (non-hydrogen) atoms. The molecule has 0 radical (unpaired) electrons. The second-order valence-corrected chi connectivity index (χ2v) is 6.43. The molecule has 2 aromatic carbocycles. The van der Waals surface area contributed by atoms with Crippen molar-refractivity contribution in [2.24, 2.45) is 0 Å². The Balaban J connectivity index is 1.90. The van der Waals surface area contributed by atoms with Crippen LogP contribution in [0.5, 0.6) is 0 Å². The van der Waals surface area contributed by atoms with Gasteiger partial charge in [-0.25, -0.2) is 4.98 Å². The number of hydrogen-bond acceptors (Lipinski definition) is 2. The van der Waals surface area contributed by atoms with Gasteiger partial charge >= 0.3 is 6.18 Å². The first kappa shape index (κ1) is 19.2. The summed E-state index contributed by atoms with van der Waals surface area (Å²) in [6, 6.07) is 14.3. The fourth-order valence-corrected chi connectivity index (χ4v) is 2.70. The number of rotatable bonds is 3. The highest BCUT2D eigenvalue weighted by molar-refractivity contribution is 6.30. The van der Waals surface area contributed by atoms with Gasteiger partial charge in [0.15, 0.2) is 0 Å². The zero-order valence-electron chi connectivity index (χ0n) is 13.5. The SMILES string of the molecule is O=C(Nc1ccc(Cl)cc1)c1cccc(-c2cc(C(F)(F)F)cc(Cl)n2)c1. The normalized spacial score (nSPS) is 11.3. The van der Waals surface area contributed by atoms with Crippen LogP contribution < -0.4 is 5.32 Å². The van der Waals surface area contributed by atoms with Crippen LogP contribution in [0.25, 0.3) is 11.3 Å². The van der Waals surface area contributed by atoms with E-state index in [0.29, 0.717) is 16.3 Å². The topological polar surface area (TPSA) is 42.0 Å². The number of benzene rings is 2. The average Bonchev–Trinajstić information content (AvgIpc) is 2.62. The number of pyridine rings is 1. The highest BCUT2D eigenvalue weighted by atomic mass is 35.5. The number of amides is 1. The third-order valence-corrected chi connectivity index (χ3v) is 4.09. The molecule has 1 N–H and O–H groups in total. The predicted octanol–water partition coefficient (Wildman–Crippen LogP) is 6.33. The van der Waals surface area contributed by atoms with E-state index in [1.165, 1.54) is 6.07 Å². The van der Waals surface area contributed by atoms with Crippen LogP contribution in [0.3, 0.4) is 0 Å². The predicted molar refractivity (Wildman–Crippen MR) is 99.1 cm³/mol. The standard InChI is InChI=1S/C19H11Cl2F3N2O/c20-14-4-6-15(7-5-14)25-18(27)12-3-1-2-11(8-12)16-9-13(19(22,23)24)10-17(21)26-16/h1-10H,(H,25,27). The maximum Gasteiger partial charge on any atom is 0.416 e. The molecule has 1 amide bonds. The molecule has 0 unspecified atom stereocenters. The van der Waals surface area contributed by atoms with Gasteiger partial charge in [0.2, 0.25) is 0 Å². The Bertz CT molecular complexity index is 989. The van der Waals surface area contributed by atoms with Crippen molar-refractivity contribution in [2.75, 3.05) is 5.32 Å². The van der Waals surface area contributed by atoms with Crippen molar-refractivity contribution in [3.05, 3.63) is 82.0 Å². The second kappa shape index (κ2) is 7.58. The van der Waals surface area contributed by atoms with E-state index in [1.807, 2.05) is 0 Å². The van der Waals surface area contributed by atoms with E-state index in [-0.39, 0.29) is 16.4 Å². The molecular weight excluding hydrogens is 400 g/mol. The van der Waals surface area contributed by atoms with Gasteiger partial charge in [0, 0.05) is 21.8 Å². The lowest BCUT2D eigenvalue weighted by atomic mass is 10.1. The van der Waals surface area contributed by atoms with Crippen molar-refractivity contribution in [1.82, 2.24) is 4.98 Å². The van der Waals surface area contributed by atoms with Gasteiger partial charge in [-0.2, -0.15) is 13.2 Å². The van der Waals surface area contributed by atoms with Crippen molar-refractivity contribution in [2.45, 2.75) is 6.18 Å². The van der Waals surface area contributed by atoms with Crippen LogP contribution in [0, 0.1) is 0 Å². The Morgan fingerprint density at radius 2 is 1.67 bits per heavy atom. The maximum atomic E-state index is 13.0. The van der Waals surface area contributed by atoms with E-state index in [1.54, 1.807) is 42.5 Å². The molecule has 0 aliphatic heterocycles. The lowest BCUT2D eigenvalue weighted by molar-refractivity contribution is -0.137. The Hall–Kier alpha value is -2.57. The van der Waals surface area contributed by atoms with Crippen LogP contribution in [0.2, 0.25) is 10.2 Å². The summed E-state index contributed by atoms with van der Waals surface area (Å²) < 4.78 is 38.9. The first-order chi connectivity index (χ1) is 12.7. The van der Waals surface area contributed by atoms with Crippen molar-refractivity contribution in [3.63, 3.8) is 0 Å². The number of hydrogen-bond donors (Lipinski definition) is 1. The summed E-state index contributed by atoms with van der Waals surface area (Å²) in [7, 11) is 0. The molecule has 0 saturated heterocycles. The zero-order valence-corrected chi connectivity index (χ0v) is 15.0. The number of anilines is 1. The Kier molecular flexibility index (Phi) is 5.39. The van der Waals surface area contributed by atoms with Crippen molar-refractivity contribution >= 4 is 34.8 Å². The monoisotopic (exact) mass is 410 g/mol. The summed E-state index contributed by atoms with van der Waals surface area (Å²) in [5.41, 5.74) is 0.254. The number of carbonyl (C=O) groups is 1. The number of alkyl halides is 3. The molecule has 3 aromatic rings. The van der Waals surface area contributed by atoms with Crippen LogP contribution in [0.4, 0.5) is 18.9 Å². The highest BCUT2D eigenvalue weighted by Gasteiger charge is 2.31. The summed E-state index contributed by atoms with van der Waals surface area (Å²) in [6.45, 7) is 0. The number of aromatic nitrogens is 1. The van der Waals surface area contributed by atoms with Gasteiger partial charge in [-0.15, -0.1) is 0 Å². The molecule has 0 bridgehead atoms. The molecule has 0 atom stereocenters. The second-order valence-electron chi connectivity index (χ2n) is 5.60. The van der Waals surface area contributed by atoms with Gasteiger partial charge in [-0.1, -0.05) is 35.3 Å². The molecule has 138 valence electrons. The summed E-state index contributed by atoms with van der Waals surface area (Å²) in [5, 5.41) is 2.94. The number of nitrogens with zero attached hydrogens (tertiary/aromatic N) is 1. The average molecular weight is 411 g/mol. The summed E-state index contributed by atoms with van der Waals surface area (Å²) >= 11 is 11.5. The molecule has 0 aliphatic rings. The Morgan fingerprint density at radius 1 is 0.963 bits per heavy atom. The van der Waals surface area contributed by atoms with Crippen molar-refractivity contribution in [1.29, 1.82) is 0 Å². The minimum Gasteiger partial charge on any atom is -0.322 e. The van der Waals surface area contributed by atoms with Crippen LogP contribution in [-0.4, -0.2) is 10.9 Å². The van der Waals surface area contributed by atoms with Gasteiger partial charge in [-0.05, 0) is 48.5 Å². The van der Waals surface area contributed by atoms with E-state index in [4.69, 9.17) is 23.2 Å². The van der Waals surface area contributed by atoms with E-state index in [2.05, 4.69) is 10.3 Å². The van der Waals surface area contributed by atoms with Crippen LogP contribution in [0.1, 0.15) is 15.9 Å². The minimum absolute atomic E-state index is 0.0240. The fourth-order valence-electron chi connectivity index (χ4n) is 2.36. The summed E-state index contributed by atoms with van der Waals surface area (Å²) in [5.74, 6) is -0.419. The fraction of sp³-hybridized carbons (Fsp3) is 0.0526. The molecule has 0 saturated carbocycles. The lowest BCUT2D eigenvalue weighted by Crippen LogP contribution is -2.11. The zero-order chi connectivity index (χ0) is 19.6. The van der Waals surface area contributed by atoms with Gasteiger partial charge in [-0.3, -0.25) is 4.79 Å². The van der Waals surface area contributed by atoms with Crippen LogP contribution in [-0.2, 0) is 6.18 Å². The quantitative estimate of drug-likeness (QED) is 0.512. The third kappa shape index (κ3) is 4.78. The maximum absolute atomic E-state index is 13.0. The molecule has 1 aromatic heterocycles. The first-order valence-electron chi connectivity index (χ1n) is 7.64. The van der Waals surface area contributed by atoms with Crippen molar-refractivity contribution < 1.29 is 18.0 Å². The van der Waals surface area contributed by atoms with Crippen LogP contribution in [0.15, 0.2) is 60.7 Å². The number of halogens is 5. The van der Waals surface area contributed by atoms with Crippen molar-refractivity contribution in [3.8, 4) is 11.3 Å². The molecule has 0 fully saturated rings. The van der Waals surface area contributed by atoms with E-state index in [9.17, 15) is 18.0 Å². The Morgan fingerprint density at radius 3 is 2.33 bits per heavy atom. The molecule has 8 heteroatoms. The van der Waals surface area contributed by atoms with Gasteiger partial charge in [0.25, 0.3) is 5.91 Å². The van der Waals surface area contributed by atoms with E-state index < -0.39 is 17.6 Å². The van der Waals surface area contributed by atoms with Gasteiger partial charge < -0.3 is 5.32 Å². The van der Waals surface area contributed by atoms with E-state index >= 15 is 0 Å². The van der Waals surface area contributed by atoms with Crippen LogP contribution >= 0.6 is 23.2 Å².